The molecule has 1 saturated heterocycles. The third-order valence-electron chi connectivity index (χ3n) is 3.38. The second-order valence-corrected chi connectivity index (χ2v) is 5.54. The number of halogens is 1. The summed E-state index contributed by atoms with van der Waals surface area (Å²) >= 11 is 3.45. The first kappa shape index (κ1) is 13.9. The molecule has 2 atom stereocenters. The van der Waals surface area contributed by atoms with E-state index in [-0.39, 0.29) is 12.5 Å². The number of benzene rings is 1. The normalized spacial score (nSPS) is 22.5. The number of aliphatic carboxylic acids is 1. The number of carbonyl (C=O) groups is 2. The molecule has 1 aliphatic heterocycles. The Labute approximate surface area is 119 Å². The SMILES string of the molecule is O=C(O)[C@@H]1CC(Cc2ccccc2Br)CN1C(=O)O. The zero-order valence-corrected chi connectivity index (χ0v) is 11.7. The summed E-state index contributed by atoms with van der Waals surface area (Å²) in [5.41, 5.74) is 1.07. The summed E-state index contributed by atoms with van der Waals surface area (Å²) in [5, 5.41) is 18.1. The van der Waals surface area contributed by atoms with Crippen molar-refractivity contribution in [2.45, 2.75) is 18.9 Å². The molecule has 0 saturated carbocycles. The van der Waals surface area contributed by atoms with Crippen molar-refractivity contribution < 1.29 is 19.8 Å². The molecule has 0 bridgehead atoms. The fourth-order valence-electron chi connectivity index (χ4n) is 2.49. The predicted octanol–water partition coefficient (Wildman–Crippen LogP) is 2.44. The third kappa shape index (κ3) is 3.07. The van der Waals surface area contributed by atoms with Crippen molar-refractivity contribution in [3.63, 3.8) is 0 Å². The fraction of sp³-hybridized carbons (Fsp3) is 0.385. The second kappa shape index (κ2) is 5.61. The van der Waals surface area contributed by atoms with Crippen LogP contribution in [0.1, 0.15) is 12.0 Å². The molecule has 1 unspecified atom stereocenters. The van der Waals surface area contributed by atoms with Gasteiger partial charge < -0.3 is 10.2 Å². The van der Waals surface area contributed by atoms with Crippen LogP contribution in [0, 0.1) is 5.92 Å². The summed E-state index contributed by atoms with van der Waals surface area (Å²) in [6.45, 7) is 0.271. The highest BCUT2D eigenvalue weighted by Gasteiger charge is 2.39. The molecule has 1 aliphatic rings. The first-order valence-corrected chi connectivity index (χ1v) is 6.74. The molecule has 1 heterocycles. The Morgan fingerprint density at radius 2 is 2.00 bits per heavy atom. The number of amides is 1. The van der Waals surface area contributed by atoms with Crippen LogP contribution in [0.2, 0.25) is 0 Å². The molecule has 0 aliphatic carbocycles. The van der Waals surface area contributed by atoms with Crippen molar-refractivity contribution in [1.29, 1.82) is 0 Å². The topological polar surface area (TPSA) is 77.8 Å². The van der Waals surface area contributed by atoms with E-state index in [4.69, 9.17) is 10.2 Å². The van der Waals surface area contributed by atoms with Crippen molar-refractivity contribution in [3.05, 3.63) is 34.3 Å². The van der Waals surface area contributed by atoms with E-state index in [1.165, 1.54) is 0 Å². The van der Waals surface area contributed by atoms with Gasteiger partial charge in [0.15, 0.2) is 0 Å². The summed E-state index contributed by atoms with van der Waals surface area (Å²) in [6, 6.07) is 6.78. The number of carboxylic acid groups (broad SMARTS) is 2. The van der Waals surface area contributed by atoms with Gasteiger partial charge in [0.05, 0.1) is 0 Å². The molecule has 0 radical (unpaired) electrons. The number of likely N-dealkylation sites (tertiary alicyclic amines) is 1. The molecule has 2 N–H and O–H groups in total. The molecule has 1 fully saturated rings. The number of rotatable bonds is 3. The smallest absolute Gasteiger partial charge is 0.408 e. The number of carboxylic acids is 1. The lowest BCUT2D eigenvalue weighted by atomic mass is 9.97. The lowest BCUT2D eigenvalue weighted by molar-refractivity contribution is -0.141. The van der Waals surface area contributed by atoms with E-state index in [1.54, 1.807) is 0 Å². The van der Waals surface area contributed by atoms with E-state index in [0.717, 1.165) is 14.9 Å². The molecule has 102 valence electrons. The lowest BCUT2D eigenvalue weighted by Crippen LogP contribution is -2.39. The van der Waals surface area contributed by atoms with Crippen LogP contribution in [0.15, 0.2) is 28.7 Å². The minimum absolute atomic E-state index is 0.0379. The lowest BCUT2D eigenvalue weighted by Gasteiger charge is -2.16. The van der Waals surface area contributed by atoms with Gasteiger partial charge in [-0.25, -0.2) is 9.59 Å². The van der Waals surface area contributed by atoms with Crippen LogP contribution in [0.25, 0.3) is 0 Å². The zero-order valence-electron chi connectivity index (χ0n) is 10.1. The Morgan fingerprint density at radius 1 is 1.32 bits per heavy atom. The Bertz CT molecular complexity index is 483. The molecule has 5 nitrogen and oxygen atoms in total. The van der Waals surface area contributed by atoms with Crippen LogP contribution in [-0.2, 0) is 11.2 Å². The van der Waals surface area contributed by atoms with Gasteiger partial charge in [-0.05, 0) is 30.4 Å². The van der Waals surface area contributed by atoms with Gasteiger partial charge >= 0.3 is 12.1 Å². The summed E-state index contributed by atoms with van der Waals surface area (Å²) < 4.78 is 0.968. The molecule has 1 aromatic rings. The second-order valence-electron chi connectivity index (χ2n) is 4.69. The summed E-state index contributed by atoms with van der Waals surface area (Å²) in [7, 11) is 0. The van der Waals surface area contributed by atoms with Gasteiger partial charge in [0.25, 0.3) is 0 Å². The summed E-state index contributed by atoms with van der Waals surface area (Å²) in [6.07, 6.45) is -0.125. The highest BCUT2D eigenvalue weighted by atomic mass is 79.9. The zero-order chi connectivity index (χ0) is 14.0. The number of nitrogens with zero attached hydrogens (tertiary/aromatic N) is 1. The average molecular weight is 328 g/mol. The first-order chi connectivity index (χ1) is 8.99. The van der Waals surface area contributed by atoms with Crippen molar-refractivity contribution in [2.75, 3.05) is 6.54 Å². The van der Waals surface area contributed by atoms with Gasteiger partial charge in [-0.3, -0.25) is 4.90 Å². The third-order valence-corrected chi connectivity index (χ3v) is 4.16. The highest BCUT2D eigenvalue weighted by Crippen LogP contribution is 2.29. The van der Waals surface area contributed by atoms with Gasteiger partial charge in [-0.15, -0.1) is 0 Å². The van der Waals surface area contributed by atoms with Crippen LogP contribution in [0.3, 0.4) is 0 Å². The molecule has 1 aromatic carbocycles. The highest BCUT2D eigenvalue weighted by molar-refractivity contribution is 9.10. The molecule has 0 aromatic heterocycles. The fourth-order valence-corrected chi connectivity index (χ4v) is 2.94. The van der Waals surface area contributed by atoms with Crippen molar-refractivity contribution in [3.8, 4) is 0 Å². The van der Waals surface area contributed by atoms with Crippen LogP contribution in [-0.4, -0.2) is 39.8 Å². The van der Waals surface area contributed by atoms with Crippen LogP contribution < -0.4 is 0 Å². The molecule has 1 amide bonds. The Hall–Kier alpha value is -1.56. The quantitative estimate of drug-likeness (QED) is 0.893. The van der Waals surface area contributed by atoms with Crippen molar-refractivity contribution in [1.82, 2.24) is 4.90 Å². The maximum absolute atomic E-state index is 11.1. The van der Waals surface area contributed by atoms with Gasteiger partial charge in [-0.1, -0.05) is 34.1 Å². The first-order valence-electron chi connectivity index (χ1n) is 5.95. The Morgan fingerprint density at radius 3 is 2.53 bits per heavy atom. The monoisotopic (exact) mass is 327 g/mol. The maximum Gasteiger partial charge on any atom is 0.408 e. The van der Waals surface area contributed by atoms with E-state index >= 15 is 0 Å². The maximum atomic E-state index is 11.1. The molecule has 2 rings (SSSR count). The number of hydrogen-bond donors (Lipinski definition) is 2. The van der Waals surface area contributed by atoms with E-state index < -0.39 is 18.1 Å². The van der Waals surface area contributed by atoms with Gasteiger partial charge in [0.2, 0.25) is 0 Å². The van der Waals surface area contributed by atoms with Crippen LogP contribution in [0.4, 0.5) is 4.79 Å². The summed E-state index contributed by atoms with van der Waals surface area (Å²) in [4.78, 5) is 23.1. The van der Waals surface area contributed by atoms with Gasteiger partial charge in [0, 0.05) is 11.0 Å². The number of hydrogen-bond acceptors (Lipinski definition) is 2. The average Bonchev–Trinajstić information content (AvgIpc) is 2.76. The van der Waals surface area contributed by atoms with Gasteiger partial charge in [-0.2, -0.15) is 0 Å². The predicted molar refractivity (Wildman–Crippen MR) is 72.1 cm³/mol. The minimum atomic E-state index is -1.16. The van der Waals surface area contributed by atoms with E-state index in [2.05, 4.69) is 15.9 Å². The van der Waals surface area contributed by atoms with E-state index in [9.17, 15) is 9.59 Å². The minimum Gasteiger partial charge on any atom is -0.480 e. The largest absolute Gasteiger partial charge is 0.480 e. The Balaban J connectivity index is 2.10. The molecular formula is C13H14BrNO4. The molecule has 6 heteroatoms. The van der Waals surface area contributed by atoms with Crippen molar-refractivity contribution in [2.24, 2.45) is 5.92 Å². The molecule has 19 heavy (non-hydrogen) atoms. The van der Waals surface area contributed by atoms with Gasteiger partial charge in [0.1, 0.15) is 6.04 Å². The van der Waals surface area contributed by atoms with Crippen LogP contribution in [0.5, 0.6) is 0 Å². The van der Waals surface area contributed by atoms with Crippen LogP contribution >= 0.6 is 15.9 Å². The van der Waals surface area contributed by atoms with Crippen molar-refractivity contribution >= 4 is 28.0 Å². The van der Waals surface area contributed by atoms with E-state index in [0.29, 0.717) is 12.8 Å². The standard InChI is InChI=1S/C13H14BrNO4/c14-10-4-2-1-3-9(10)5-8-6-11(12(16)17)15(7-8)13(18)19/h1-4,8,11H,5-7H2,(H,16,17)(H,18,19)/t8?,11-/m0/s1. The summed E-state index contributed by atoms with van der Waals surface area (Å²) in [5.74, 6) is -1.03. The van der Waals surface area contributed by atoms with E-state index in [1.807, 2.05) is 24.3 Å². The Kier molecular flexibility index (Phi) is 4.09. The molecular weight excluding hydrogens is 314 g/mol. The molecule has 0 spiro atoms.